The lowest BCUT2D eigenvalue weighted by atomic mass is 10.2. The molecule has 3 heterocycles. The van der Waals surface area contributed by atoms with E-state index in [1.807, 2.05) is 24.3 Å². The van der Waals surface area contributed by atoms with E-state index in [-0.39, 0.29) is 11.6 Å². The van der Waals surface area contributed by atoms with Crippen molar-refractivity contribution >= 4 is 45.3 Å². The standard InChI is InChI=1S/C22H18N8O2/c1-29-9-7-23-19(29)21(31)27-17-11-15-16(26-14-6-4-3-5-13(14)25-15)12-18(17)28-22(32)20-24-8-10-30(20)2/h3-12H,1-2H3,(H,27,31)(H,28,32). The third-order valence-corrected chi connectivity index (χ3v) is 5.02. The number of hydrogen-bond acceptors (Lipinski definition) is 6. The molecule has 32 heavy (non-hydrogen) atoms. The summed E-state index contributed by atoms with van der Waals surface area (Å²) in [5.74, 6) is -0.372. The normalized spacial score (nSPS) is 11.1. The number of para-hydroxylation sites is 2. The van der Waals surface area contributed by atoms with Gasteiger partial charge in [0.2, 0.25) is 0 Å². The molecule has 0 bridgehead atoms. The predicted molar refractivity (Wildman–Crippen MR) is 119 cm³/mol. The third-order valence-electron chi connectivity index (χ3n) is 5.02. The number of aromatic nitrogens is 6. The van der Waals surface area contributed by atoms with E-state index in [2.05, 4.69) is 30.6 Å². The first-order valence-corrected chi connectivity index (χ1v) is 9.77. The second-order valence-corrected chi connectivity index (χ2v) is 7.23. The van der Waals surface area contributed by atoms with Crippen LogP contribution in [0, 0.1) is 0 Å². The number of carbonyl (C=O) groups is 2. The zero-order chi connectivity index (χ0) is 22.2. The van der Waals surface area contributed by atoms with Gasteiger partial charge in [0.25, 0.3) is 11.8 Å². The lowest BCUT2D eigenvalue weighted by Crippen LogP contribution is -2.21. The molecule has 5 aromatic rings. The molecule has 5 rings (SSSR count). The van der Waals surface area contributed by atoms with Gasteiger partial charge in [0, 0.05) is 38.9 Å². The van der Waals surface area contributed by atoms with E-state index in [1.54, 1.807) is 47.8 Å². The number of amides is 2. The maximum absolute atomic E-state index is 12.8. The van der Waals surface area contributed by atoms with Crippen molar-refractivity contribution in [1.82, 2.24) is 29.1 Å². The minimum absolute atomic E-state index is 0.232. The van der Waals surface area contributed by atoms with Crippen LogP contribution in [0.5, 0.6) is 0 Å². The van der Waals surface area contributed by atoms with Crippen LogP contribution in [0.25, 0.3) is 22.1 Å². The fraction of sp³-hybridized carbons (Fsp3) is 0.0909. The molecule has 0 saturated heterocycles. The second kappa shape index (κ2) is 7.58. The van der Waals surface area contributed by atoms with Gasteiger partial charge in [-0.1, -0.05) is 12.1 Å². The highest BCUT2D eigenvalue weighted by Crippen LogP contribution is 2.29. The number of anilines is 2. The van der Waals surface area contributed by atoms with Crippen molar-refractivity contribution in [2.45, 2.75) is 0 Å². The molecule has 158 valence electrons. The van der Waals surface area contributed by atoms with E-state index in [0.717, 1.165) is 11.0 Å². The van der Waals surface area contributed by atoms with Crippen molar-refractivity contribution < 1.29 is 9.59 Å². The van der Waals surface area contributed by atoms with Gasteiger partial charge in [0.1, 0.15) is 0 Å². The summed E-state index contributed by atoms with van der Waals surface area (Å²) >= 11 is 0. The fourth-order valence-electron chi connectivity index (χ4n) is 3.40. The maximum Gasteiger partial charge on any atom is 0.291 e. The quantitative estimate of drug-likeness (QED) is 0.427. The Balaban J connectivity index is 1.60. The number of benzene rings is 2. The fourth-order valence-corrected chi connectivity index (χ4v) is 3.40. The molecule has 10 nitrogen and oxygen atoms in total. The number of hydrogen-bond donors (Lipinski definition) is 2. The van der Waals surface area contributed by atoms with Crippen LogP contribution >= 0.6 is 0 Å². The summed E-state index contributed by atoms with van der Waals surface area (Å²) in [6.07, 6.45) is 6.43. The summed E-state index contributed by atoms with van der Waals surface area (Å²) < 4.78 is 3.21. The van der Waals surface area contributed by atoms with Gasteiger partial charge in [-0.2, -0.15) is 0 Å². The molecule has 0 saturated carbocycles. The minimum atomic E-state index is -0.418. The van der Waals surface area contributed by atoms with Crippen molar-refractivity contribution in [3.63, 3.8) is 0 Å². The zero-order valence-electron chi connectivity index (χ0n) is 17.3. The van der Waals surface area contributed by atoms with Crippen LogP contribution in [0.15, 0.2) is 61.2 Å². The number of carbonyl (C=O) groups excluding carboxylic acids is 2. The SMILES string of the molecule is Cn1ccnc1C(=O)Nc1cc2nc3ccccc3nc2cc1NC(=O)c1nccn1C. The van der Waals surface area contributed by atoms with Crippen molar-refractivity contribution in [2.24, 2.45) is 14.1 Å². The maximum atomic E-state index is 12.8. The number of fused-ring (bicyclic) bond motifs is 2. The Labute approximate surface area is 182 Å². The summed E-state index contributed by atoms with van der Waals surface area (Å²) in [5.41, 5.74) is 3.36. The van der Waals surface area contributed by atoms with E-state index < -0.39 is 11.8 Å². The molecule has 10 heteroatoms. The van der Waals surface area contributed by atoms with Gasteiger partial charge in [-0.15, -0.1) is 0 Å². The van der Waals surface area contributed by atoms with Crippen LogP contribution in [-0.2, 0) is 14.1 Å². The molecule has 0 spiro atoms. The molecule has 0 atom stereocenters. The molecule has 2 N–H and O–H groups in total. The van der Waals surface area contributed by atoms with Crippen LogP contribution in [0.3, 0.4) is 0 Å². The van der Waals surface area contributed by atoms with Crippen molar-refractivity contribution in [1.29, 1.82) is 0 Å². The van der Waals surface area contributed by atoms with Crippen LogP contribution in [0.2, 0.25) is 0 Å². The zero-order valence-corrected chi connectivity index (χ0v) is 17.3. The number of imidazole rings is 2. The van der Waals surface area contributed by atoms with Gasteiger partial charge in [0.05, 0.1) is 33.4 Å². The van der Waals surface area contributed by atoms with Crippen LogP contribution in [0.1, 0.15) is 21.2 Å². The van der Waals surface area contributed by atoms with Crippen molar-refractivity contribution in [2.75, 3.05) is 10.6 Å². The van der Waals surface area contributed by atoms with Gasteiger partial charge in [-0.05, 0) is 24.3 Å². The lowest BCUT2D eigenvalue weighted by Gasteiger charge is -2.14. The summed E-state index contributed by atoms with van der Waals surface area (Å²) in [6, 6.07) is 10.9. The molecule has 0 aliphatic carbocycles. The molecular weight excluding hydrogens is 408 g/mol. The first-order valence-electron chi connectivity index (χ1n) is 9.77. The minimum Gasteiger partial charge on any atom is -0.330 e. The van der Waals surface area contributed by atoms with Gasteiger partial charge in [-0.25, -0.2) is 19.9 Å². The predicted octanol–water partition coefficient (Wildman–Crippen LogP) is 2.75. The molecule has 0 aliphatic rings. The Morgan fingerprint density at radius 3 is 1.53 bits per heavy atom. The smallest absolute Gasteiger partial charge is 0.291 e. The number of aryl methyl sites for hydroxylation is 2. The lowest BCUT2D eigenvalue weighted by molar-refractivity contribution is 0.0999. The van der Waals surface area contributed by atoms with Gasteiger partial charge in [0.15, 0.2) is 11.6 Å². The Bertz CT molecular complexity index is 1390. The second-order valence-electron chi connectivity index (χ2n) is 7.23. The molecule has 2 aromatic carbocycles. The first-order chi connectivity index (χ1) is 15.5. The summed E-state index contributed by atoms with van der Waals surface area (Å²) in [5, 5.41) is 5.65. The highest BCUT2D eigenvalue weighted by atomic mass is 16.2. The molecule has 3 aromatic heterocycles. The van der Waals surface area contributed by atoms with Crippen molar-refractivity contribution in [3.8, 4) is 0 Å². The Morgan fingerprint density at radius 2 is 1.16 bits per heavy atom. The summed E-state index contributed by atoms with van der Waals surface area (Å²) in [4.78, 5) is 43.1. The van der Waals surface area contributed by atoms with Gasteiger partial charge >= 0.3 is 0 Å². The highest BCUT2D eigenvalue weighted by Gasteiger charge is 2.18. The van der Waals surface area contributed by atoms with E-state index in [0.29, 0.717) is 22.4 Å². The van der Waals surface area contributed by atoms with Gasteiger partial charge < -0.3 is 19.8 Å². The third kappa shape index (κ3) is 3.43. The average molecular weight is 426 g/mol. The largest absolute Gasteiger partial charge is 0.330 e. The van der Waals surface area contributed by atoms with Crippen LogP contribution < -0.4 is 10.6 Å². The Morgan fingerprint density at radius 1 is 0.719 bits per heavy atom. The Kier molecular flexibility index (Phi) is 4.59. The van der Waals surface area contributed by atoms with E-state index in [4.69, 9.17) is 0 Å². The molecule has 2 amide bonds. The average Bonchev–Trinajstić information content (AvgIpc) is 3.40. The number of nitrogens with one attached hydrogen (secondary N) is 2. The molecule has 0 unspecified atom stereocenters. The van der Waals surface area contributed by atoms with E-state index >= 15 is 0 Å². The first kappa shape index (κ1) is 19.4. The summed E-state index contributed by atoms with van der Waals surface area (Å²) in [6.45, 7) is 0. The van der Waals surface area contributed by atoms with Crippen molar-refractivity contribution in [3.05, 3.63) is 72.8 Å². The number of nitrogens with zero attached hydrogens (tertiary/aromatic N) is 6. The molecular formula is C22H18N8O2. The topological polar surface area (TPSA) is 120 Å². The van der Waals surface area contributed by atoms with Crippen LogP contribution in [-0.4, -0.2) is 40.9 Å². The van der Waals surface area contributed by atoms with E-state index in [1.165, 1.54) is 12.4 Å². The van der Waals surface area contributed by atoms with Crippen LogP contribution in [0.4, 0.5) is 11.4 Å². The molecule has 0 radical (unpaired) electrons. The number of rotatable bonds is 4. The molecule has 0 fully saturated rings. The summed E-state index contributed by atoms with van der Waals surface area (Å²) in [7, 11) is 3.45. The van der Waals surface area contributed by atoms with E-state index in [9.17, 15) is 9.59 Å². The monoisotopic (exact) mass is 426 g/mol. The highest BCUT2D eigenvalue weighted by molar-refractivity contribution is 6.10. The Hall–Kier alpha value is -4.60. The molecule has 0 aliphatic heterocycles. The van der Waals surface area contributed by atoms with Gasteiger partial charge in [-0.3, -0.25) is 9.59 Å².